The van der Waals surface area contributed by atoms with Gasteiger partial charge in [-0.2, -0.15) is 5.10 Å². The average molecular weight is 322 g/mol. The van der Waals surface area contributed by atoms with Gasteiger partial charge in [0.25, 0.3) is 5.91 Å². The fourth-order valence-corrected chi connectivity index (χ4v) is 2.08. The molecule has 2 aromatic rings. The predicted molar refractivity (Wildman–Crippen MR) is 79.4 cm³/mol. The van der Waals surface area contributed by atoms with Crippen molar-refractivity contribution >= 4 is 27.7 Å². The van der Waals surface area contributed by atoms with E-state index in [-0.39, 0.29) is 11.9 Å². The molecule has 0 saturated carbocycles. The molecule has 0 saturated heterocycles. The van der Waals surface area contributed by atoms with E-state index in [0.29, 0.717) is 11.4 Å². The monoisotopic (exact) mass is 321 g/mol. The Morgan fingerprint density at radius 1 is 1.37 bits per heavy atom. The van der Waals surface area contributed by atoms with E-state index in [1.807, 2.05) is 49.8 Å². The summed E-state index contributed by atoms with van der Waals surface area (Å²) in [5, 5.41) is 7.11. The zero-order valence-corrected chi connectivity index (χ0v) is 12.7. The maximum Gasteiger partial charge on any atom is 0.257 e. The highest BCUT2D eigenvalue weighted by Gasteiger charge is 2.11. The van der Waals surface area contributed by atoms with Crippen LogP contribution in [-0.2, 0) is 0 Å². The van der Waals surface area contributed by atoms with Crippen LogP contribution in [0.25, 0.3) is 0 Å². The lowest BCUT2D eigenvalue weighted by Gasteiger charge is -2.07. The number of benzene rings is 1. The smallest absolute Gasteiger partial charge is 0.257 e. The van der Waals surface area contributed by atoms with Gasteiger partial charge in [0.1, 0.15) is 0 Å². The number of aromatic nitrogens is 2. The van der Waals surface area contributed by atoms with Gasteiger partial charge in [-0.15, -0.1) is 0 Å². The molecule has 0 unspecified atom stereocenters. The Balaban J connectivity index is 2.18. The van der Waals surface area contributed by atoms with Crippen LogP contribution < -0.4 is 5.32 Å². The minimum Gasteiger partial charge on any atom is -0.305 e. The summed E-state index contributed by atoms with van der Waals surface area (Å²) in [4.78, 5) is 12.2. The quantitative estimate of drug-likeness (QED) is 0.934. The second-order valence-electron chi connectivity index (χ2n) is 4.69. The van der Waals surface area contributed by atoms with Crippen LogP contribution in [0.5, 0.6) is 0 Å². The van der Waals surface area contributed by atoms with E-state index in [0.717, 1.165) is 10.0 Å². The zero-order chi connectivity index (χ0) is 14.0. The van der Waals surface area contributed by atoms with Gasteiger partial charge in [0.2, 0.25) is 0 Å². The van der Waals surface area contributed by atoms with Gasteiger partial charge in [0, 0.05) is 28.3 Å². The van der Waals surface area contributed by atoms with E-state index < -0.39 is 0 Å². The van der Waals surface area contributed by atoms with Crippen LogP contribution in [0.3, 0.4) is 0 Å². The number of rotatable bonds is 3. The van der Waals surface area contributed by atoms with Gasteiger partial charge in [-0.3, -0.25) is 9.48 Å². The topological polar surface area (TPSA) is 46.9 Å². The van der Waals surface area contributed by atoms with Crippen molar-refractivity contribution in [1.82, 2.24) is 9.78 Å². The lowest BCUT2D eigenvalue weighted by Crippen LogP contribution is -2.14. The van der Waals surface area contributed by atoms with Crippen LogP contribution in [0.4, 0.5) is 5.82 Å². The molecule has 1 aromatic carbocycles. The first-order chi connectivity index (χ1) is 8.97. The first-order valence-corrected chi connectivity index (χ1v) is 6.89. The number of nitrogens with one attached hydrogen (secondary N) is 1. The van der Waals surface area contributed by atoms with E-state index in [1.54, 1.807) is 6.07 Å². The molecular formula is C14H16BrN3O. The lowest BCUT2D eigenvalue weighted by atomic mass is 10.1. The Bertz CT molecular complexity index is 604. The van der Waals surface area contributed by atoms with Crippen LogP contribution in [0, 0.1) is 6.92 Å². The van der Waals surface area contributed by atoms with E-state index in [9.17, 15) is 4.79 Å². The molecule has 0 fully saturated rings. The molecular weight excluding hydrogens is 306 g/mol. The van der Waals surface area contributed by atoms with E-state index in [1.165, 1.54) is 0 Å². The number of amides is 1. The Kier molecular flexibility index (Phi) is 4.04. The number of halogens is 1. The van der Waals surface area contributed by atoms with Crippen molar-refractivity contribution in [2.75, 3.05) is 5.32 Å². The second kappa shape index (κ2) is 5.57. The third-order valence-corrected chi connectivity index (χ3v) is 3.32. The number of hydrogen-bond acceptors (Lipinski definition) is 2. The van der Waals surface area contributed by atoms with Crippen LogP contribution >= 0.6 is 15.9 Å². The van der Waals surface area contributed by atoms with Crippen molar-refractivity contribution in [3.63, 3.8) is 0 Å². The molecule has 100 valence electrons. The van der Waals surface area contributed by atoms with E-state index in [4.69, 9.17) is 0 Å². The summed E-state index contributed by atoms with van der Waals surface area (Å²) in [5.74, 6) is 0.422. The predicted octanol–water partition coefficient (Wildman–Crippen LogP) is 3.79. The summed E-state index contributed by atoms with van der Waals surface area (Å²) in [7, 11) is 0. The van der Waals surface area contributed by atoms with Crippen molar-refractivity contribution in [2.45, 2.75) is 26.8 Å². The Labute approximate surface area is 120 Å². The molecule has 1 heterocycles. The SMILES string of the molecule is Cc1ccc(Br)cc1C(=O)Nc1ccn(C(C)C)n1. The minimum atomic E-state index is -0.146. The molecule has 4 nitrogen and oxygen atoms in total. The Morgan fingerprint density at radius 2 is 2.11 bits per heavy atom. The minimum absolute atomic E-state index is 0.146. The fourth-order valence-electron chi connectivity index (χ4n) is 1.71. The van der Waals surface area contributed by atoms with Gasteiger partial charge < -0.3 is 5.32 Å². The molecule has 0 aliphatic rings. The molecule has 5 heteroatoms. The van der Waals surface area contributed by atoms with E-state index >= 15 is 0 Å². The van der Waals surface area contributed by atoms with Crippen LogP contribution in [0.15, 0.2) is 34.9 Å². The third kappa shape index (κ3) is 3.23. The van der Waals surface area contributed by atoms with Gasteiger partial charge in [-0.1, -0.05) is 22.0 Å². The van der Waals surface area contributed by atoms with Crippen LogP contribution in [0.1, 0.15) is 35.8 Å². The lowest BCUT2D eigenvalue weighted by molar-refractivity contribution is 0.102. The molecule has 0 bridgehead atoms. The van der Waals surface area contributed by atoms with Crippen molar-refractivity contribution in [3.8, 4) is 0 Å². The first kappa shape index (κ1) is 13.8. The molecule has 0 aliphatic heterocycles. The van der Waals surface area contributed by atoms with Crippen molar-refractivity contribution in [2.24, 2.45) is 0 Å². The van der Waals surface area contributed by atoms with Crippen molar-refractivity contribution in [1.29, 1.82) is 0 Å². The molecule has 2 rings (SSSR count). The number of aryl methyl sites for hydroxylation is 1. The summed E-state index contributed by atoms with van der Waals surface area (Å²) in [6.07, 6.45) is 1.86. The summed E-state index contributed by atoms with van der Waals surface area (Å²) in [6, 6.07) is 7.71. The first-order valence-electron chi connectivity index (χ1n) is 6.10. The van der Waals surface area contributed by atoms with Crippen molar-refractivity contribution < 1.29 is 4.79 Å². The molecule has 0 aliphatic carbocycles. The zero-order valence-electron chi connectivity index (χ0n) is 11.1. The van der Waals surface area contributed by atoms with Crippen molar-refractivity contribution in [3.05, 3.63) is 46.1 Å². The Hall–Kier alpha value is -1.62. The highest BCUT2D eigenvalue weighted by atomic mass is 79.9. The number of anilines is 1. The van der Waals surface area contributed by atoms with E-state index in [2.05, 4.69) is 26.3 Å². The normalized spacial score (nSPS) is 10.8. The third-order valence-electron chi connectivity index (χ3n) is 2.82. The molecule has 19 heavy (non-hydrogen) atoms. The molecule has 1 aromatic heterocycles. The molecule has 0 spiro atoms. The standard InChI is InChI=1S/C14H16BrN3O/c1-9(2)18-7-6-13(17-18)16-14(19)12-8-11(15)5-4-10(12)3/h4-9H,1-3H3,(H,16,17,19). The number of hydrogen-bond donors (Lipinski definition) is 1. The fraction of sp³-hybridized carbons (Fsp3) is 0.286. The number of carbonyl (C=O) groups is 1. The molecule has 0 radical (unpaired) electrons. The highest BCUT2D eigenvalue weighted by Crippen LogP contribution is 2.17. The summed E-state index contributed by atoms with van der Waals surface area (Å²) in [5.41, 5.74) is 1.58. The van der Waals surface area contributed by atoms with Gasteiger partial charge in [-0.05, 0) is 38.5 Å². The maximum absolute atomic E-state index is 12.2. The largest absolute Gasteiger partial charge is 0.305 e. The number of nitrogens with zero attached hydrogens (tertiary/aromatic N) is 2. The molecule has 1 N–H and O–H groups in total. The summed E-state index contributed by atoms with van der Waals surface area (Å²) < 4.78 is 2.69. The molecule has 1 amide bonds. The second-order valence-corrected chi connectivity index (χ2v) is 5.60. The summed E-state index contributed by atoms with van der Waals surface area (Å²) >= 11 is 3.37. The van der Waals surface area contributed by atoms with Crippen LogP contribution in [-0.4, -0.2) is 15.7 Å². The van der Waals surface area contributed by atoms with Gasteiger partial charge in [0.15, 0.2) is 5.82 Å². The highest BCUT2D eigenvalue weighted by molar-refractivity contribution is 9.10. The van der Waals surface area contributed by atoms with Gasteiger partial charge in [-0.25, -0.2) is 0 Å². The molecule has 0 atom stereocenters. The average Bonchev–Trinajstić information content (AvgIpc) is 2.80. The summed E-state index contributed by atoms with van der Waals surface area (Å²) in [6.45, 7) is 5.99. The van der Waals surface area contributed by atoms with Crippen LogP contribution in [0.2, 0.25) is 0 Å². The maximum atomic E-state index is 12.2. The number of carbonyl (C=O) groups excluding carboxylic acids is 1. The van der Waals surface area contributed by atoms with Gasteiger partial charge in [0.05, 0.1) is 0 Å². The Morgan fingerprint density at radius 3 is 2.74 bits per heavy atom. The van der Waals surface area contributed by atoms with Gasteiger partial charge >= 0.3 is 0 Å².